The molecule has 0 spiro atoms. The number of likely N-dealkylation sites (N-methyl/N-ethyl adjacent to an activating group) is 1. The van der Waals surface area contributed by atoms with Gasteiger partial charge in [-0.1, -0.05) is 29.8 Å². The molecule has 0 saturated heterocycles. The predicted molar refractivity (Wildman–Crippen MR) is 56.6 cm³/mol. The molecule has 1 unspecified atom stereocenters. The molecule has 0 heterocycles. The van der Waals surface area contributed by atoms with Gasteiger partial charge in [-0.3, -0.25) is 0 Å². The Morgan fingerprint density at radius 2 is 2.00 bits per heavy atom. The minimum Gasteiger partial charge on any atom is -0.319 e. The summed E-state index contributed by atoms with van der Waals surface area (Å²) in [5.41, 5.74) is 2.46. The van der Waals surface area contributed by atoms with Gasteiger partial charge in [0.1, 0.15) is 0 Å². The molecular weight excluding hydrogens is 160 g/mol. The van der Waals surface area contributed by atoms with Crippen LogP contribution in [0.1, 0.15) is 17.0 Å². The van der Waals surface area contributed by atoms with Gasteiger partial charge in [-0.25, -0.2) is 0 Å². The van der Waals surface area contributed by atoms with Crippen LogP contribution in [0.5, 0.6) is 0 Å². The molecule has 2 nitrogen and oxygen atoms in total. The van der Waals surface area contributed by atoms with E-state index in [0.717, 1.165) is 6.54 Å². The van der Waals surface area contributed by atoms with E-state index in [-0.39, 0.29) is 5.92 Å². The highest BCUT2D eigenvalue weighted by Crippen LogP contribution is 2.13. The number of nitrogens with one attached hydrogen (secondary N) is 2. The minimum absolute atomic E-state index is 0.200. The van der Waals surface area contributed by atoms with Gasteiger partial charge in [0.25, 0.3) is 0 Å². The minimum atomic E-state index is 0.200. The maximum absolute atomic E-state index is 7.29. The van der Waals surface area contributed by atoms with Crippen LogP contribution >= 0.6 is 0 Å². The van der Waals surface area contributed by atoms with Crippen molar-refractivity contribution in [2.45, 2.75) is 12.8 Å². The summed E-state index contributed by atoms with van der Waals surface area (Å²) in [6.45, 7) is 2.90. The van der Waals surface area contributed by atoms with Crippen LogP contribution in [0.25, 0.3) is 0 Å². The lowest BCUT2D eigenvalue weighted by Gasteiger charge is -2.11. The molecule has 70 valence electrons. The normalized spacial score (nSPS) is 12.5. The first-order valence-electron chi connectivity index (χ1n) is 4.49. The molecule has 1 atom stereocenters. The fraction of sp³-hybridized carbons (Fsp3) is 0.364. The second-order valence-corrected chi connectivity index (χ2v) is 3.24. The third-order valence-corrected chi connectivity index (χ3v) is 2.13. The third kappa shape index (κ3) is 2.67. The van der Waals surface area contributed by atoms with Crippen LogP contribution in [-0.2, 0) is 0 Å². The molecule has 0 bridgehead atoms. The van der Waals surface area contributed by atoms with E-state index in [4.69, 9.17) is 5.41 Å². The Balaban J connectivity index is 2.79. The molecule has 2 heteroatoms. The zero-order chi connectivity index (χ0) is 9.68. The Morgan fingerprint density at radius 1 is 1.38 bits per heavy atom. The summed E-state index contributed by atoms with van der Waals surface area (Å²) in [6, 6.07) is 8.34. The van der Waals surface area contributed by atoms with Crippen LogP contribution in [0, 0.1) is 12.3 Å². The van der Waals surface area contributed by atoms with Crippen molar-refractivity contribution in [3.05, 3.63) is 35.4 Å². The van der Waals surface area contributed by atoms with Crippen molar-refractivity contribution >= 4 is 6.21 Å². The van der Waals surface area contributed by atoms with E-state index in [1.54, 1.807) is 0 Å². The molecule has 0 amide bonds. The summed E-state index contributed by atoms with van der Waals surface area (Å²) in [7, 11) is 1.91. The first-order valence-corrected chi connectivity index (χ1v) is 4.49. The molecule has 0 aliphatic rings. The van der Waals surface area contributed by atoms with E-state index in [0.29, 0.717) is 0 Å². The maximum atomic E-state index is 7.29. The zero-order valence-electron chi connectivity index (χ0n) is 8.17. The monoisotopic (exact) mass is 176 g/mol. The highest BCUT2D eigenvalue weighted by Gasteiger charge is 2.05. The van der Waals surface area contributed by atoms with Gasteiger partial charge in [-0.05, 0) is 19.5 Å². The second kappa shape index (κ2) is 4.77. The molecule has 0 saturated carbocycles. The molecule has 2 N–H and O–H groups in total. The number of aryl methyl sites for hydroxylation is 1. The largest absolute Gasteiger partial charge is 0.319 e. The summed E-state index contributed by atoms with van der Waals surface area (Å²) < 4.78 is 0. The van der Waals surface area contributed by atoms with Crippen molar-refractivity contribution in [3.63, 3.8) is 0 Å². The number of hydrogen-bond donors (Lipinski definition) is 2. The van der Waals surface area contributed by atoms with Crippen LogP contribution < -0.4 is 5.32 Å². The van der Waals surface area contributed by atoms with Gasteiger partial charge in [0, 0.05) is 18.7 Å². The van der Waals surface area contributed by atoms with Gasteiger partial charge in [0.2, 0.25) is 0 Å². The lowest BCUT2D eigenvalue weighted by Crippen LogP contribution is -2.17. The van der Waals surface area contributed by atoms with E-state index < -0.39 is 0 Å². The van der Waals surface area contributed by atoms with Crippen molar-refractivity contribution in [2.24, 2.45) is 0 Å². The van der Waals surface area contributed by atoms with Gasteiger partial charge in [-0.15, -0.1) is 0 Å². The van der Waals surface area contributed by atoms with Crippen molar-refractivity contribution in [1.82, 2.24) is 5.32 Å². The molecule has 1 aromatic rings. The first kappa shape index (κ1) is 9.93. The number of hydrogen-bond acceptors (Lipinski definition) is 2. The zero-order valence-corrected chi connectivity index (χ0v) is 8.17. The molecule has 0 aliphatic carbocycles. The van der Waals surface area contributed by atoms with E-state index in [9.17, 15) is 0 Å². The molecule has 1 rings (SSSR count). The smallest absolute Gasteiger partial charge is 0.0311 e. The highest BCUT2D eigenvalue weighted by molar-refractivity contribution is 5.65. The van der Waals surface area contributed by atoms with Gasteiger partial charge >= 0.3 is 0 Å². The summed E-state index contributed by atoms with van der Waals surface area (Å²) in [5, 5.41) is 10.4. The summed E-state index contributed by atoms with van der Waals surface area (Å²) >= 11 is 0. The second-order valence-electron chi connectivity index (χ2n) is 3.24. The Kier molecular flexibility index (Phi) is 3.65. The van der Waals surface area contributed by atoms with Gasteiger partial charge in [-0.2, -0.15) is 0 Å². The Labute approximate surface area is 79.5 Å². The number of benzene rings is 1. The molecule has 0 radical (unpaired) electrons. The molecular formula is C11H16N2. The third-order valence-electron chi connectivity index (χ3n) is 2.13. The Morgan fingerprint density at radius 3 is 2.46 bits per heavy atom. The Hall–Kier alpha value is -1.15. The molecule has 0 fully saturated rings. The standard InChI is InChI=1S/C11H16N2/c1-9-3-5-10(6-4-9)11(7-12)8-13-2/h3-7,11-13H,8H2,1-2H3. The molecule has 0 aromatic heterocycles. The SMILES string of the molecule is CNCC(C=N)c1ccc(C)cc1. The van der Waals surface area contributed by atoms with Crippen LogP contribution in [-0.4, -0.2) is 19.8 Å². The predicted octanol–water partition coefficient (Wildman–Crippen LogP) is 1.95. The first-order chi connectivity index (χ1) is 6.27. The van der Waals surface area contributed by atoms with Crippen LogP contribution in [0.4, 0.5) is 0 Å². The van der Waals surface area contributed by atoms with Gasteiger partial charge < -0.3 is 10.7 Å². The fourth-order valence-electron chi connectivity index (χ4n) is 1.31. The summed E-state index contributed by atoms with van der Waals surface area (Å²) in [6.07, 6.45) is 1.49. The lowest BCUT2D eigenvalue weighted by molar-refractivity contribution is 0.755. The van der Waals surface area contributed by atoms with Crippen LogP contribution in [0.15, 0.2) is 24.3 Å². The quantitative estimate of drug-likeness (QED) is 0.676. The highest BCUT2D eigenvalue weighted by atomic mass is 14.8. The Bertz CT molecular complexity index is 264. The van der Waals surface area contributed by atoms with E-state index in [1.165, 1.54) is 17.3 Å². The number of rotatable bonds is 4. The summed E-state index contributed by atoms with van der Waals surface area (Å²) in [5.74, 6) is 0.200. The van der Waals surface area contributed by atoms with E-state index in [2.05, 4.69) is 36.5 Å². The molecule has 0 aliphatic heterocycles. The average Bonchev–Trinajstić information content (AvgIpc) is 2.16. The van der Waals surface area contributed by atoms with Crippen molar-refractivity contribution in [2.75, 3.05) is 13.6 Å². The lowest BCUT2D eigenvalue weighted by atomic mass is 9.99. The average molecular weight is 176 g/mol. The van der Waals surface area contributed by atoms with Gasteiger partial charge in [0.05, 0.1) is 0 Å². The van der Waals surface area contributed by atoms with Gasteiger partial charge in [0.15, 0.2) is 0 Å². The fourth-order valence-corrected chi connectivity index (χ4v) is 1.31. The van der Waals surface area contributed by atoms with Crippen LogP contribution in [0.3, 0.4) is 0 Å². The van der Waals surface area contributed by atoms with E-state index in [1.807, 2.05) is 7.05 Å². The van der Waals surface area contributed by atoms with Crippen molar-refractivity contribution in [1.29, 1.82) is 5.41 Å². The van der Waals surface area contributed by atoms with Crippen molar-refractivity contribution < 1.29 is 0 Å². The summed E-state index contributed by atoms with van der Waals surface area (Å²) in [4.78, 5) is 0. The molecule has 13 heavy (non-hydrogen) atoms. The van der Waals surface area contributed by atoms with Crippen LogP contribution in [0.2, 0.25) is 0 Å². The van der Waals surface area contributed by atoms with E-state index >= 15 is 0 Å². The molecule has 1 aromatic carbocycles. The topological polar surface area (TPSA) is 35.9 Å². The maximum Gasteiger partial charge on any atom is 0.0311 e. The van der Waals surface area contributed by atoms with Crippen molar-refractivity contribution in [3.8, 4) is 0 Å².